The highest BCUT2D eigenvalue weighted by molar-refractivity contribution is 5.78. The summed E-state index contributed by atoms with van der Waals surface area (Å²) in [6, 6.07) is 3.98. The molecule has 1 fully saturated rings. The van der Waals surface area contributed by atoms with E-state index in [0.717, 1.165) is 55.9 Å². The van der Waals surface area contributed by atoms with Crippen LogP contribution in [0, 0.1) is 17.8 Å². The third-order valence-electron chi connectivity index (χ3n) is 5.23. The number of rotatable bonds is 6. The van der Waals surface area contributed by atoms with E-state index >= 15 is 0 Å². The SMILES string of the molecule is CC[C@H](C)C(=O)N1CC[C@@H](Cc2nc3cccnc3n2CC(C)C)C1. The molecule has 1 aliphatic heterocycles. The number of likely N-dealkylation sites (tertiary alicyclic amines) is 1. The second-order valence-corrected chi connectivity index (χ2v) is 7.83. The average molecular weight is 342 g/mol. The van der Waals surface area contributed by atoms with Gasteiger partial charge in [-0.05, 0) is 36.8 Å². The first-order chi connectivity index (χ1) is 12.0. The maximum atomic E-state index is 12.4. The zero-order valence-corrected chi connectivity index (χ0v) is 15.9. The molecule has 5 heteroatoms. The summed E-state index contributed by atoms with van der Waals surface area (Å²) < 4.78 is 2.28. The van der Waals surface area contributed by atoms with Gasteiger partial charge in [-0.1, -0.05) is 27.7 Å². The Hall–Kier alpha value is -1.91. The van der Waals surface area contributed by atoms with Crippen LogP contribution in [0.2, 0.25) is 0 Å². The molecule has 136 valence electrons. The van der Waals surface area contributed by atoms with Crippen molar-refractivity contribution >= 4 is 17.1 Å². The van der Waals surface area contributed by atoms with Gasteiger partial charge in [-0.2, -0.15) is 0 Å². The molecule has 1 aliphatic rings. The number of imidazole rings is 1. The number of amides is 1. The fourth-order valence-corrected chi connectivity index (χ4v) is 3.66. The van der Waals surface area contributed by atoms with Gasteiger partial charge in [0.15, 0.2) is 5.65 Å². The van der Waals surface area contributed by atoms with Crippen LogP contribution in [0.25, 0.3) is 11.2 Å². The molecule has 3 heterocycles. The summed E-state index contributed by atoms with van der Waals surface area (Å²) in [5.74, 6) is 2.60. The summed E-state index contributed by atoms with van der Waals surface area (Å²) in [4.78, 5) is 23.9. The molecule has 0 aliphatic carbocycles. The molecule has 0 unspecified atom stereocenters. The number of hydrogen-bond donors (Lipinski definition) is 0. The quantitative estimate of drug-likeness (QED) is 0.807. The van der Waals surface area contributed by atoms with Gasteiger partial charge in [0, 0.05) is 38.2 Å². The first-order valence-electron chi connectivity index (χ1n) is 9.58. The Balaban J connectivity index is 1.76. The maximum absolute atomic E-state index is 12.4. The zero-order chi connectivity index (χ0) is 18.0. The van der Waals surface area contributed by atoms with Crippen LogP contribution < -0.4 is 0 Å². The normalized spacial score (nSPS) is 19.1. The molecular formula is C20H30N4O. The zero-order valence-electron chi connectivity index (χ0n) is 15.9. The van der Waals surface area contributed by atoms with Crippen molar-refractivity contribution in [3.8, 4) is 0 Å². The van der Waals surface area contributed by atoms with E-state index in [9.17, 15) is 4.79 Å². The van der Waals surface area contributed by atoms with Gasteiger partial charge in [-0.3, -0.25) is 4.79 Å². The van der Waals surface area contributed by atoms with E-state index in [1.54, 1.807) is 0 Å². The topological polar surface area (TPSA) is 51.0 Å². The average Bonchev–Trinajstić information content (AvgIpc) is 3.19. The predicted octanol–water partition coefficient (Wildman–Crippen LogP) is 3.52. The molecule has 0 spiro atoms. The molecular weight excluding hydrogens is 312 g/mol. The molecule has 2 aromatic rings. The lowest BCUT2D eigenvalue weighted by molar-refractivity contribution is -0.134. The predicted molar refractivity (Wildman–Crippen MR) is 100 cm³/mol. The summed E-state index contributed by atoms with van der Waals surface area (Å²) >= 11 is 0. The lowest BCUT2D eigenvalue weighted by Gasteiger charge is -2.20. The number of pyridine rings is 1. The van der Waals surface area contributed by atoms with Crippen LogP contribution >= 0.6 is 0 Å². The van der Waals surface area contributed by atoms with Crippen LogP contribution in [-0.2, 0) is 17.8 Å². The van der Waals surface area contributed by atoms with Crippen LogP contribution in [0.1, 0.15) is 46.4 Å². The van der Waals surface area contributed by atoms with Gasteiger partial charge >= 0.3 is 0 Å². The number of aromatic nitrogens is 3. The fraction of sp³-hybridized carbons (Fsp3) is 0.650. The number of nitrogens with zero attached hydrogens (tertiary/aromatic N) is 4. The summed E-state index contributed by atoms with van der Waals surface area (Å²) in [5.41, 5.74) is 1.96. The minimum Gasteiger partial charge on any atom is -0.342 e. The molecule has 1 amide bonds. The fourth-order valence-electron chi connectivity index (χ4n) is 3.66. The number of hydrogen-bond acceptors (Lipinski definition) is 3. The van der Waals surface area contributed by atoms with Gasteiger partial charge in [0.1, 0.15) is 11.3 Å². The minimum atomic E-state index is 0.133. The molecule has 2 atom stereocenters. The standard InChI is InChI=1S/C20H30N4O/c1-5-15(4)20(25)23-10-8-16(13-23)11-18-22-17-7-6-9-21-19(17)24(18)12-14(2)3/h6-7,9,14-16H,5,8,10-13H2,1-4H3/t15-,16-/m0/s1. The summed E-state index contributed by atoms with van der Waals surface area (Å²) in [6.45, 7) is 11.2. The highest BCUT2D eigenvalue weighted by Crippen LogP contribution is 2.25. The Morgan fingerprint density at radius 2 is 2.16 bits per heavy atom. The molecule has 5 nitrogen and oxygen atoms in total. The van der Waals surface area contributed by atoms with E-state index in [1.165, 1.54) is 0 Å². The van der Waals surface area contributed by atoms with Crippen molar-refractivity contribution in [1.29, 1.82) is 0 Å². The molecule has 25 heavy (non-hydrogen) atoms. The van der Waals surface area contributed by atoms with Gasteiger partial charge in [0.05, 0.1) is 0 Å². The molecule has 0 aromatic carbocycles. The van der Waals surface area contributed by atoms with Crippen LogP contribution in [0.3, 0.4) is 0 Å². The minimum absolute atomic E-state index is 0.133. The van der Waals surface area contributed by atoms with Gasteiger partial charge in [0.25, 0.3) is 0 Å². The largest absolute Gasteiger partial charge is 0.342 e. The Bertz CT molecular complexity index is 736. The van der Waals surface area contributed by atoms with Gasteiger partial charge in [0.2, 0.25) is 5.91 Å². The van der Waals surface area contributed by atoms with E-state index in [4.69, 9.17) is 4.98 Å². The molecule has 2 aromatic heterocycles. The van der Waals surface area contributed by atoms with Crippen molar-refractivity contribution in [3.05, 3.63) is 24.2 Å². The van der Waals surface area contributed by atoms with E-state index in [1.807, 2.05) is 30.2 Å². The maximum Gasteiger partial charge on any atom is 0.225 e. The highest BCUT2D eigenvalue weighted by atomic mass is 16.2. The Morgan fingerprint density at radius 1 is 1.36 bits per heavy atom. The van der Waals surface area contributed by atoms with Crippen molar-refractivity contribution in [3.63, 3.8) is 0 Å². The Kier molecular flexibility index (Phi) is 5.40. The Morgan fingerprint density at radius 3 is 2.88 bits per heavy atom. The third kappa shape index (κ3) is 3.86. The van der Waals surface area contributed by atoms with Crippen LogP contribution in [0.5, 0.6) is 0 Å². The lowest BCUT2D eigenvalue weighted by atomic mass is 10.0. The van der Waals surface area contributed by atoms with Crippen LogP contribution in [-0.4, -0.2) is 38.4 Å². The van der Waals surface area contributed by atoms with Crippen LogP contribution in [0.15, 0.2) is 18.3 Å². The second kappa shape index (κ2) is 7.54. The summed E-state index contributed by atoms with van der Waals surface area (Å²) in [6.07, 6.45) is 4.75. The molecule has 0 N–H and O–H groups in total. The number of fused-ring (bicyclic) bond motifs is 1. The lowest BCUT2D eigenvalue weighted by Crippen LogP contribution is -2.33. The first-order valence-corrected chi connectivity index (χ1v) is 9.58. The van der Waals surface area contributed by atoms with Gasteiger partial charge in [-0.25, -0.2) is 9.97 Å². The van der Waals surface area contributed by atoms with E-state index in [0.29, 0.717) is 17.7 Å². The molecule has 0 radical (unpaired) electrons. The van der Waals surface area contributed by atoms with Crippen molar-refractivity contribution in [2.75, 3.05) is 13.1 Å². The van der Waals surface area contributed by atoms with E-state index in [-0.39, 0.29) is 5.92 Å². The van der Waals surface area contributed by atoms with Crippen molar-refractivity contribution in [2.45, 2.75) is 53.5 Å². The molecule has 1 saturated heterocycles. The second-order valence-electron chi connectivity index (χ2n) is 7.83. The molecule has 0 bridgehead atoms. The van der Waals surface area contributed by atoms with Crippen molar-refractivity contribution < 1.29 is 4.79 Å². The van der Waals surface area contributed by atoms with Crippen LogP contribution in [0.4, 0.5) is 0 Å². The Labute approximate surface area is 150 Å². The van der Waals surface area contributed by atoms with Crippen molar-refractivity contribution in [1.82, 2.24) is 19.4 Å². The first kappa shape index (κ1) is 17.9. The summed E-state index contributed by atoms with van der Waals surface area (Å²) in [7, 11) is 0. The number of carbonyl (C=O) groups is 1. The molecule has 3 rings (SSSR count). The van der Waals surface area contributed by atoms with Crippen molar-refractivity contribution in [2.24, 2.45) is 17.8 Å². The van der Waals surface area contributed by atoms with Gasteiger partial charge < -0.3 is 9.47 Å². The van der Waals surface area contributed by atoms with Gasteiger partial charge in [-0.15, -0.1) is 0 Å². The third-order valence-corrected chi connectivity index (χ3v) is 5.23. The van der Waals surface area contributed by atoms with E-state index in [2.05, 4.69) is 30.3 Å². The molecule has 0 saturated carbocycles. The number of carbonyl (C=O) groups excluding carboxylic acids is 1. The summed E-state index contributed by atoms with van der Waals surface area (Å²) in [5, 5.41) is 0. The highest BCUT2D eigenvalue weighted by Gasteiger charge is 2.29. The smallest absolute Gasteiger partial charge is 0.225 e. The van der Waals surface area contributed by atoms with E-state index < -0.39 is 0 Å². The monoisotopic (exact) mass is 342 g/mol.